The van der Waals surface area contributed by atoms with E-state index in [1.54, 1.807) is 0 Å². The Morgan fingerprint density at radius 3 is 2.65 bits per heavy atom. The molecule has 0 saturated heterocycles. The van der Waals surface area contributed by atoms with Gasteiger partial charge in [0, 0.05) is 18.7 Å². The van der Waals surface area contributed by atoms with Crippen molar-refractivity contribution in [2.75, 3.05) is 25.5 Å². The van der Waals surface area contributed by atoms with E-state index in [4.69, 9.17) is 4.74 Å². The van der Waals surface area contributed by atoms with E-state index in [-0.39, 0.29) is 41.2 Å². The number of carbonyl (C=O) groups is 3. The van der Waals surface area contributed by atoms with Crippen LogP contribution < -0.4 is 5.32 Å². The first-order chi connectivity index (χ1) is 9.28. The summed E-state index contributed by atoms with van der Waals surface area (Å²) in [5.74, 6) is 0.518. The van der Waals surface area contributed by atoms with E-state index in [0.717, 1.165) is 0 Å². The Morgan fingerprint density at radius 2 is 2.10 bits per heavy atom. The van der Waals surface area contributed by atoms with Gasteiger partial charge in [-0.2, -0.15) is 0 Å². The van der Waals surface area contributed by atoms with E-state index >= 15 is 0 Å². The van der Waals surface area contributed by atoms with Crippen LogP contribution in [0.3, 0.4) is 0 Å². The standard InChI is InChI=1S/C14H23NO4S/c1-14(2,3)9-19-8-13(18)15-4-5-20-12-7-10(16)6-11(12)17/h12H,4-9H2,1-3H3,(H,15,18). The number of ether oxygens (including phenoxy) is 1. The highest BCUT2D eigenvalue weighted by Gasteiger charge is 2.30. The van der Waals surface area contributed by atoms with Gasteiger partial charge in [0.15, 0.2) is 5.78 Å². The molecule has 0 aromatic heterocycles. The van der Waals surface area contributed by atoms with Crippen LogP contribution in [0.1, 0.15) is 33.6 Å². The number of rotatable bonds is 7. The quantitative estimate of drug-likeness (QED) is 0.565. The first-order valence-electron chi connectivity index (χ1n) is 6.78. The fourth-order valence-corrected chi connectivity index (χ4v) is 2.82. The highest BCUT2D eigenvalue weighted by Crippen LogP contribution is 2.23. The fourth-order valence-electron chi connectivity index (χ4n) is 1.75. The Hall–Kier alpha value is -0.880. The molecule has 20 heavy (non-hydrogen) atoms. The van der Waals surface area contributed by atoms with Crippen molar-refractivity contribution in [3.63, 3.8) is 0 Å². The van der Waals surface area contributed by atoms with E-state index in [1.165, 1.54) is 11.8 Å². The highest BCUT2D eigenvalue weighted by molar-refractivity contribution is 8.00. The Labute approximate surface area is 124 Å². The summed E-state index contributed by atoms with van der Waals surface area (Å²) in [6, 6.07) is 0. The highest BCUT2D eigenvalue weighted by atomic mass is 32.2. The molecule has 114 valence electrons. The van der Waals surface area contributed by atoms with Gasteiger partial charge in [-0.05, 0) is 5.41 Å². The Balaban J connectivity index is 2.05. The molecule has 0 spiro atoms. The lowest BCUT2D eigenvalue weighted by molar-refractivity contribution is -0.126. The molecule has 1 saturated carbocycles. The average molecular weight is 301 g/mol. The van der Waals surface area contributed by atoms with Crippen molar-refractivity contribution in [1.29, 1.82) is 0 Å². The van der Waals surface area contributed by atoms with Gasteiger partial charge < -0.3 is 10.1 Å². The molecule has 1 atom stereocenters. The summed E-state index contributed by atoms with van der Waals surface area (Å²) in [4.78, 5) is 34.0. The monoisotopic (exact) mass is 301 g/mol. The van der Waals surface area contributed by atoms with Gasteiger partial charge in [-0.15, -0.1) is 11.8 Å². The van der Waals surface area contributed by atoms with Gasteiger partial charge in [-0.25, -0.2) is 0 Å². The number of carbonyl (C=O) groups excluding carboxylic acids is 3. The van der Waals surface area contributed by atoms with E-state index in [9.17, 15) is 14.4 Å². The summed E-state index contributed by atoms with van der Waals surface area (Å²) >= 11 is 1.44. The van der Waals surface area contributed by atoms with Crippen molar-refractivity contribution in [3.05, 3.63) is 0 Å². The van der Waals surface area contributed by atoms with E-state index in [0.29, 0.717) is 25.3 Å². The third-order valence-electron chi connectivity index (χ3n) is 2.66. The number of nitrogens with one attached hydrogen (secondary N) is 1. The maximum atomic E-state index is 11.5. The zero-order chi connectivity index (χ0) is 15.2. The largest absolute Gasteiger partial charge is 0.371 e. The smallest absolute Gasteiger partial charge is 0.246 e. The van der Waals surface area contributed by atoms with Crippen molar-refractivity contribution in [3.8, 4) is 0 Å². The van der Waals surface area contributed by atoms with Gasteiger partial charge in [-0.1, -0.05) is 20.8 Å². The molecule has 0 aliphatic heterocycles. The van der Waals surface area contributed by atoms with Crippen LogP contribution in [0.2, 0.25) is 0 Å². The van der Waals surface area contributed by atoms with Crippen molar-refractivity contribution >= 4 is 29.2 Å². The lowest BCUT2D eigenvalue weighted by Gasteiger charge is -2.17. The molecule has 0 heterocycles. The maximum Gasteiger partial charge on any atom is 0.246 e. The average Bonchev–Trinajstić information content (AvgIpc) is 2.62. The van der Waals surface area contributed by atoms with Crippen LogP contribution in [0.15, 0.2) is 0 Å². The minimum atomic E-state index is -0.212. The molecule has 5 nitrogen and oxygen atoms in total. The van der Waals surface area contributed by atoms with Crippen LogP contribution in [-0.4, -0.2) is 48.2 Å². The summed E-state index contributed by atoms with van der Waals surface area (Å²) in [5.41, 5.74) is 0.0471. The summed E-state index contributed by atoms with van der Waals surface area (Å²) in [6.07, 6.45) is 0.414. The topological polar surface area (TPSA) is 72.5 Å². The second-order valence-corrected chi connectivity index (χ2v) is 7.46. The van der Waals surface area contributed by atoms with Crippen LogP contribution in [0.5, 0.6) is 0 Å². The summed E-state index contributed by atoms with van der Waals surface area (Å²) < 4.78 is 5.30. The van der Waals surface area contributed by atoms with Gasteiger partial charge in [-0.3, -0.25) is 14.4 Å². The Morgan fingerprint density at radius 1 is 1.40 bits per heavy atom. The predicted molar refractivity (Wildman–Crippen MR) is 78.8 cm³/mol. The number of ketones is 2. The second kappa shape index (κ2) is 7.78. The van der Waals surface area contributed by atoms with Gasteiger partial charge >= 0.3 is 0 Å². The molecule has 0 aromatic rings. The number of hydrogen-bond acceptors (Lipinski definition) is 5. The Kier molecular flexibility index (Phi) is 6.68. The number of thioether (sulfide) groups is 1. The van der Waals surface area contributed by atoms with Crippen molar-refractivity contribution in [1.82, 2.24) is 5.32 Å². The summed E-state index contributed by atoms with van der Waals surface area (Å²) in [5, 5.41) is 2.53. The molecule has 1 aliphatic rings. The van der Waals surface area contributed by atoms with Crippen molar-refractivity contribution in [2.24, 2.45) is 5.41 Å². The number of Topliss-reactive ketones (excluding diaryl/α,β-unsaturated/α-hetero) is 2. The van der Waals surface area contributed by atoms with Crippen LogP contribution in [0.25, 0.3) is 0 Å². The second-order valence-electron chi connectivity index (χ2n) is 6.15. The molecule has 0 bridgehead atoms. The molecule has 1 rings (SSSR count). The first kappa shape index (κ1) is 17.2. The van der Waals surface area contributed by atoms with Gasteiger partial charge in [0.2, 0.25) is 5.91 Å². The minimum Gasteiger partial charge on any atom is -0.371 e. The zero-order valence-corrected chi connectivity index (χ0v) is 13.2. The molecule has 6 heteroatoms. The summed E-state index contributed by atoms with van der Waals surface area (Å²) in [6.45, 7) is 7.21. The van der Waals surface area contributed by atoms with E-state index in [1.807, 2.05) is 20.8 Å². The third-order valence-corrected chi connectivity index (χ3v) is 3.93. The molecular formula is C14H23NO4S. The van der Waals surface area contributed by atoms with Crippen LogP contribution in [0.4, 0.5) is 0 Å². The molecule has 1 unspecified atom stereocenters. The van der Waals surface area contributed by atoms with E-state index < -0.39 is 0 Å². The molecule has 0 aromatic carbocycles. The summed E-state index contributed by atoms with van der Waals surface area (Å²) in [7, 11) is 0. The Bertz CT molecular complexity index is 376. The molecule has 1 amide bonds. The van der Waals surface area contributed by atoms with Crippen LogP contribution in [0, 0.1) is 5.41 Å². The lowest BCUT2D eigenvalue weighted by Crippen LogP contribution is -2.31. The fraction of sp³-hybridized carbons (Fsp3) is 0.786. The van der Waals surface area contributed by atoms with Crippen LogP contribution in [-0.2, 0) is 19.1 Å². The molecule has 1 fully saturated rings. The number of amides is 1. The minimum absolute atomic E-state index is 0.0137. The molecule has 1 aliphatic carbocycles. The third kappa shape index (κ3) is 7.05. The predicted octanol–water partition coefficient (Wildman–Crippen LogP) is 1.20. The van der Waals surface area contributed by atoms with Gasteiger partial charge in [0.1, 0.15) is 12.4 Å². The molecule has 0 radical (unpaired) electrons. The molecule has 1 N–H and O–H groups in total. The molecular weight excluding hydrogens is 278 g/mol. The van der Waals surface area contributed by atoms with Crippen LogP contribution >= 0.6 is 11.8 Å². The maximum absolute atomic E-state index is 11.5. The van der Waals surface area contributed by atoms with E-state index in [2.05, 4.69) is 5.32 Å². The number of hydrogen-bond donors (Lipinski definition) is 1. The lowest BCUT2D eigenvalue weighted by atomic mass is 9.99. The normalized spacial score (nSPS) is 19.4. The van der Waals surface area contributed by atoms with Crippen molar-refractivity contribution < 1.29 is 19.1 Å². The van der Waals surface area contributed by atoms with Gasteiger partial charge in [0.05, 0.1) is 18.3 Å². The zero-order valence-electron chi connectivity index (χ0n) is 12.4. The first-order valence-corrected chi connectivity index (χ1v) is 7.83. The SMILES string of the molecule is CC(C)(C)COCC(=O)NCCSC1CC(=O)CC1=O. The van der Waals surface area contributed by atoms with Crippen molar-refractivity contribution in [2.45, 2.75) is 38.9 Å². The van der Waals surface area contributed by atoms with Gasteiger partial charge in [0.25, 0.3) is 0 Å².